The minimum atomic E-state index is -0.0752. The number of nitrogens with one attached hydrogen (secondary N) is 1. The van der Waals surface area contributed by atoms with Crippen molar-refractivity contribution < 1.29 is 4.79 Å². The summed E-state index contributed by atoms with van der Waals surface area (Å²) in [5.41, 5.74) is 0.578. The van der Waals surface area contributed by atoms with Crippen LogP contribution in [0.25, 0.3) is 0 Å². The van der Waals surface area contributed by atoms with Crippen molar-refractivity contribution >= 4 is 5.91 Å². The summed E-state index contributed by atoms with van der Waals surface area (Å²) in [6.07, 6.45) is 4.97. The number of hydrogen-bond acceptors (Lipinski definition) is 4. The zero-order valence-corrected chi connectivity index (χ0v) is 10.5. The predicted molar refractivity (Wildman–Crippen MR) is 65.7 cm³/mol. The molecule has 1 aliphatic heterocycles. The van der Waals surface area contributed by atoms with E-state index in [9.17, 15) is 4.79 Å². The summed E-state index contributed by atoms with van der Waals surface area (Å²) in [5.74, 6) is -0.0752. The largest absolute Gasteiger partial charge is 0.348 e. The van der Waals surface area contributed by atoms with Gasteiger partial charge in [0.2, 0.25) is 0 Å². The minimum absolute atomic E-state index is 0.0752. The number of nitrogens with zero attached hydrogens (tertiary/aromatic N) is 4. The Morgan fingerprint density at radius 2 is 2.33 bits per heavy atom. The van der Waals surface area contributed by atoms with Crippen molar-refractivity contribution in [1.29, 1.82) is 5.26 Å². The third-order valence-electron chi connectivity index (χ3n) is 3.27. The van der Waals surface area contributed by atoms with Gasteiger partial charge in [0.1, 0.15) is 5.69 Å². The van der Waals surface area contributed by atoms with Crippen molar-refractivity contribution in [2.24, 2.45) is 7.05 Å². The summed E-state index contributed by atoms with van der Waals surface area (Å²) in [5, 5.41) is 11.6. The molecule has 2 rings (SSSR count). The summed E-state index contributed by atoms with van der Waals surface area (Å²) in [6, 6.07) is 2.35. The molecule has 1 aliphatic rings. The number of likely N-dealkylation sites (tertiary alicyclic amines) is 1. The van der Waals surface area contributed by atoms with Gasteiger partial charge >= 0.3 is 0 Å². The summed E-state index contributed by atoms with van der Waals surface area (Å²) in [7, 11) is 1.80. The maximum Gasteiger partial charge on any atom is 0.269 e. The first-order chi connectivity index (χ1) is 8.70. The lowest BCUT2D eigenvalue weighted by atomic mass is 10.1. The van der Waals surface area contributed by atoms with Crippen LogP contribution in [0.2, 0.25) is 0 Å². The second-order valence-electron chi connectivity index (χ2n) is 4.57. The number of carbonyl (C=O) groups excluding carboxylic acids is 1. The summed E-state index contributed by atoms with van der Waals surface area (Å²) in [4.78, 5) is 18.0. The molecule has 1 N–H and O–H groups in total. The molecule has 0 unspecified atom stereocenters. The Kier molecular flexibility index (Phi) is 3.95. The number of aryl methyl sites for hydroxylation is 1. The van der Waals surface area contributed by atoms with E-state index in [2.05, 4.69) is 21.3 Å². The molecule has 0 spiro atoms. The Hall–Kier alpha value is -1.87. The predicted octanol–water partition coefficient (Wildman–Crippen LogP) is 0.138. The van der Waals surface area contributed by atoms with Crippen LogP contribution in [0.1, 0.15) is 23.3 Å². The molecule has 1 aromatic rings. The molecule has 0 bridgehead atoms. The highest BCUT2D eigenvalue weighted by atomic mass is 16.2. The van der Waals surface area contributed by atoms with Crippen LogP contribution in [0.15, 0.2) is 12.5 Å². The lowest BCUT2D eigenvalue weighted by Crippen LogP contribution is -2.45. The number of hydrogen-bond donors (Lipinski definition) is 1. The normalized spacial score (nSPS) is 17.3. The molecule has 1 amide bonds. The molecule has 6 nitrogen and oxygen atoms in total. The highest BCUT2D eigenvalue weighted by molar-refractivity contribution is 5.92. The topological polar surface area (TPSA) is 74.0 Å². The fraction of sp³-hybridized carbons (Fsp3) is 0.583. The van der Waals surface area contributed by atoms with Gasteiger partial charge in [0, 0.05) is 26.2 Å². The molecule has 0 atom stereocenters. The number of carbonyl (C=O) groups is 1. The van der Waals surface area contributed by atoms with E-state index in [1.54, 1.807) is 24.1 Å². The average molecular weight is 247 g/mol. The standard InChI is InChI=1S/C12H17N5O/c1-16-9-14-8-11(16)12(18)15-10-2-5-17(6-3-10)7-4-13/h8-10H,2-3,5-7H2,1H3,(H,15,18). The Morgan fingerprint density at radius 3 is 2.89 bits per heavy atom. The van der Waals surface area contributed by atoms with Crippen molar-refractivity contribution in [3.05, 3.63) is 18.2 Å². The highest BCUT2D eigenvalue weighted by Crippen LogP contribution is 2.10. The Morgan fingerprint density at radius 1 is 1.61 bits per heavy atom. The molecule has 0 radical (unpaired) electrons. The van der Waals surface area contributed by atoms with Crippen molar-refractivity contribution in [1.82, 2.24) is 19.8 Å². The number of amides is 1. The number of nitriles is 1. The maximum atomic E-state index is 12.0. The van der Waals surface area contributed by atoms with Gasteiger partial charge in [-0.15, -0.1) is 0 Å². The zero-order valence-electron chi connectivity index (χ0n) is 10.5. The lowest BCUT2D eigenvalue weighted by Gasteiger charge is -2.30. The van der Waals surface area contributed by atoms with E-state index >= 15 is 0 Å². The van der Waals surface area contributed by atoms with Gasteiger partial charge in [0.15, 0.2) is 0 Å². The first kappa shape index (κ1) is 12.6. The van der Waals surface area contributed by atoms with Gasteiger partial charge in [0.05, 0.1) is 25.1 Å². The van der Waals surface area contributed by atoms with Gasteiger partial charge in [-0.3, -0.25) is 9.69 Å². The zero-order chi connectivity index (χ0) is 13.0. The molecule has 18 heavy (non-hydrogen) atoms. The molecule has 1 saturated heterocycles. The monoisotopic (exact) mass is 247 g/mol. The van der Waals surface area contributed by atoms with Crippen molar-refractivity contribution in [2.75, 3.05) is 19.6 Å². The molecule has 2 heterocycles. The molecule has 96 valence electrons. The van der Waals surface area contributed by atoms with E-state index in [4.69, 9.17) is 5.26 Å². The third kappa shape index (κ3) is 2.87. The van der Waals surface area contributed by atoms with Crippen LogP contribution >= 0.6 is 0 Å². The third-order valence-corrected chi connectivity index (χ3v) is 3.27. The minimum Gasteiger partial charge on any atom is -0.348 e. The molecule has 1 aromatic heterocycles. The number of imidazole rings is 1. The van der Waals surface area contributed by atoms with Gasteiger partial charge in [-0.2, -0.15) is 5.26 Å². The van der Waals surface area contributed by atoms with Gasteiger partial charge < -0.3 is 9.88 Å². The van der Waals surface area contributed by atoms with Gasteiger partial charge in [-0.25, -0.2) is 4.98 Å². The van der Waals surface area contributed by atoms with Crippen molar-refractivity contribution in [3.63, 3.8) is 0 Å². The molecule has 1 fully saturated rings. The first-order valence-electron chi connectivity index (χ1n) is 6.07. The van der Waals surface area contributed by atoms with Crippen molar-refractivity contribution in [2.45, 2.75) is 18.9 Å². The fourth-order valence-electron chi connectivity index (χ4n) is 2.17. The van der Waals surface area contributed by atoms with Gasteiger partial charge in [-0.05, 0) is 12.8 Å². The number of piperidine rings is 1. The van der Waals surface area contributed by atoms with Crippen LogP contribution in [-0.4, -0.2) is 46.0 Å². The fourth-order valence-corrected chi connectivity index (χ4v) is 2.17. The molecule has 0 aromatic carbocycles. The second-order valence-corrected chi connectivity index (χ2v) is 4.57. The molecule has 6 heteroatoms. The van der Waals surface area contributed by atoms with E-state index in [-0.39, 0.29) is 11.9 Å². The van der Waals surface area contributed by atoms with E-state index in [0.717, 1.165) is 25.9 Å². The molecular weight excluding hydrogens is 230 g/mol. The smallest absolute Gasteiger partial charge is 0.269 e. The van der Waals surface area contributed by atoms with E-state index in [0.29, 0.717) is 12.2 Å². The number of aromatic nitrogens is 2. The SMILES string of the molecule is Cn1cncc1C(=O)NC1CCN(CC#N)CC1. The maximum absolute atomic E-state index is 12.0. The van der Waals surface area contributed by atoms with Gasteiger partial charge in [-0.1, -0.05) is 0 Å². The highest BCUT2D eigenvalue weighted by Gasteiger charge is 2.21. The molecule has 0 aliphatic carbocycles. The van der Waals surface area contributed by atoms with E-state index in [1.165, 1.54) is 0 Å². The Bertz CT molecular complexity index is 453. The summed E-state index contributed by atoms with van der Waals surface area (Å²) in [6.45, 7) is 2.20. The summed E-state index contributed by atoms with van der Waals surface area (Å²) < 4.78 is 1.71. The van der Waals surface area contributed by atoms with Crippen LogP contribution in [0.4, 0.5) is 0 Å². The second kappa shape index (κ2) is 5.65. The number of rotatable bonds is 3. The molecule has 0 saturated carbocycles. The average Bonchev–Trinajstić information content (AvgIpc) is 2.78. The Labute approximate surface area is 106 Å². The first-order valence-corrected chi connectivity index (χ1v) is 6.07. The lowest BCUT2D eigenvalue weighted by molar-refractivity contribution is 0.0906. The summed E-state index contributed by atoms with van der Waals surface area (Å²) >= 11 is 0. The van der Waals surface area contributed by atoms with Crippen LogP contribution in [0.5, 0.6) is 0 Å². The van der Waals surface area contributed by atoms with Crippen LogP contribution in [0.3, 0.4) is 0 Å². The molecular formula is C12H17N5O. The van der Waals surface area contributed by atoms with Crippen LogP contribution in [-0.2, 0) is 7.05 Å². The van der Waals surface area contributed by atoms with Crippen LogP contribution in [0, 0.1) is 11.3 Å². The van der Waals surface area contributed by atoms with E-state index < -0.39 is 0 Å². The van der Waals surface area contributed by atoms with E-state index in [1.807, 2.05) is 0 Å². The Balaban J connectivity index is 1.84. The van der Waals surface area contributed by atoms with Gasteiger partial charge in [0.25, 0.3) is 5.91 Å². The van der Waals surface area contributed by atoms with Crippen molar-refractivity contribution in [3.8, 4) is 6.07 Å². The van der Waals surface area contributed by atoms with Crippen LogP contribution < -0.4 is 5.32 Å². The quantitative estimate of drug-likeness (QED) is 0.771.